The molecule has 0 unspecified atom stereocenters. The number of carbonyl (C=O) groups is 4. The molecule has 0 aliphatic heterocycles. The predicted molar refractivity (Wildman–Crippen MR) is 192 cm³/mol. The predicted octanol–water partition coefficient (Wildman–Crippen LogP) is 2.50. The van der Waals surface area contributed by atoms with Crippen molar-refractivity contribution in [1.29, 1.82) is 0 Å². The summed E-state index contributed by atoms with van der Waals surface area (Å²) in [7, 11) is -8.67. The molecule has 16 nitrogen and oxygen atoms in total. The molecular formula is C36H44N4O12S2. The van der Waals surface area contributed by atoms with E-state index in [4.69, 9.17) is 18.9 Å². The van der Waals surface area contributed by atoms with E-state index in [1.807, 2.05) is 0 Å². The van der Waals surface area contributed by atoms with Gasteiger partial charge in [-0.15, -0.1) is 0 Å². The molecular weight excluding hydrogens is 745 g/mol. The van der Waals surface area contributed by atoms with Crippen molar-refractivity contribution in [3.8, 4) is 0 Å². The lowest BCUT2D eigenvalue weighted by molar-refractivity contribution is -0.180. The molecule has 2 N–H and O–H groups in total. The van der Waals surface area contributed by atoms with E-state index in [0.29, 0.717) is 0 Å². The summed E-state index contributed by atoms with van der Waals surface area (Å²) in [4.78, 5) is 58.9. The molecule has 54 heavy (non-hydrogen) atoms. The first-order chi connectivity index (χ1) is 25.6. The molecule has 3 aliphatic rings. The Morgan fingerprint density at radius 2 is 0.741 bits per heavy atom. The second kappa shape index (κ2) is 16.3. The Morgan fingerprint density at radius 3 is 0.963 bits per heavy atom. The van der Waals surface area contributed by atoms with E-state index < -0.39 is 91.3 Å². The fourth-order valence-corrected chi connectivity index (χ4v) is 9.25. The maximum Gasteiger partial charge on any atom is 0.310 e. The molecule has 5 rings (SSSR count). The number of hydrogen-bond acceptors (Lipinski definition) is 14. The Hall–Kier alpha value is -4.84. The molecule has 0 radical (unpaired) electrons. The highest BCUT2D eigenvalue weighted by Gasteiger charge is 2.74. The number of benzene rings is 2. The van der Waals surface area contributed by atoms with Gasteiger partial charge < -0.3 is 18.9 Å². The van der Waals surface area contributed by atoms with Gasteiger partial charge in [0, 0.05) is 35.1 Å². The van der Waals surface area contributed by atoms with Crippen LogP contribution in [0.4, 0.5) is 0 Å². The average molecular weight is 789 g/mol. The molecule has 18 heteroatoms. The molecule has 2 aromatic rings. The zero-order valence-corrected chi connectivity index (χ0v) is 32.3. The second-order valence-electron chi connectivity index (χ2n) is 13.1. The summed E-state index contributed by atoms with van der Waals surface area (Å²) in [6, 6.07) is 11.9. The van der Waals surface area contributed by atoms with Crippen molar-refractivity contribution in [2.75, 3.05) is 26.4 Å². The van der Waals surface area contributed by atoms with Crippen LogP contribution in [0, 0.1) is 61.2 Å². The summed E-state index contributed by atoms with van der Waals surface area (Å²) in [5.74, 6) is -13.3. The largest absolute Gasteiger partial charge is 0.466 e. The molecule has 0 heterocycles. The number of ether oxygens (including phenoxy) is 4. The maximum absolute atomic E-state index is 13.7. The third-order valence-electron chi connectivity index (χ3n) is 9.95. The summed E-state index contributed by atoms with van der Waals surface area (Å²) in [6.45, 7) is 9.52. The number of nitrogens with one attached hydrogen (secondary N) is 2. The standard InChI is InChI=1S/C36H44N4O12S2/c1-7-49-33(41)27-23-24(28(27)34(42)50-8-2)32(38-40-54(47,48)22-17-13-20(6)14-18-22)26-25(29(35(43)51-9-3)30(26)36(44)52-10-4)31(23)37-39-53(45,46)21-15-11-19(5)12-16-21/h11-18,23-30,39-40H,7-10H2,1-6H3/t23-,24+,25+,26-,27-,28+,29+,30-. The lowest BCUT2D eigenvalue weighted by Crippen LogP contribution is -2.74. The van der Waals surface area contributed by atoms with Gasteiger partial charge in [0.05, 0.1) is 59.9 Å². The van der Waals surface area contributed by atoms with Crippen molar-refractivity contribution < 1.29 is 55.0 Å². The van der Waals surface area contributed by atoms with Crippen molar-refractivity contribution >= 4 is 55.3 Å². The number of hydrazone groups is 2. The van der Waals surface area contributed by atoms with Crippen LogP contribution in [-0.4, -0.2) is 78.6 Å². The first-order valence-electron chi connectivity index (χ1n) is 17.6. The van der Waals surface area contributed by atoms with Crippen LogP contribution in [0.15, 0.2) is 68.5 Å². The van der Waals surface area contributed by atoms with Crippen molar-refractivity contribution in [1.82, 2.24) is 9.66 Å². The third kappa shape index (κ3) is 7.58. The number of carbonyl (C=O) groups excluding carboxylic acids is 4. The Bertz CT molecular complexity index is 1840. The van der Waals surface area contributed by atoms with Crippen molar-refractivity contribution in [2.24, 2.45) is 57.5 Å². The van der Waals surface area contributed by atoms with Crippen LogP contribution in [0.2, 0.25) is 0 Å². The number of esters is 4. The van der Waals surface area contributed by atoms with E-state index in [2.05, 4.69) is 19.9 Å². The lowest BCUT2D eigenvalue weighted by Gasteiger charge is -2.62. The van der Waals surface area contributed by atoms with E-state index in [0.717, 1.165) is 11.1 Å². The van der Waals surface area contributed by atoms with Crippen LogP contribution >= 0.6 is 0 Å². The van der Waals surface area contributed by atoms with Gasteiger partial charge in [-0.25, -0.2) is 9.66 Å². The van der Waals surface area contributed by atoms with Crippen LogP contribution in [0.5, 0.6) is 0 Å². The smallest absolute Gasteiger partial charge is 0.310 e. The summed E-state index contributed by atoms with van der Waals surface area (Å²) >= 11 is 0. The highest BCUT2D eigenvalue weighted by molar-refractivity contribution is 7.89. The highest BCUT2D eigenvalue weighted by Crippen LogP contribution is 2.63. The topological polar surface area (TPSA) is 222 Å². The van der Waals surface area contributed by atoms with E-state index in [1.54, 1.807) is 65.8 Å². The van der Waals surface area contributed by atoms with E-state index >= 15 is 0 Å². The zero-order chi connectivity index (χ0) is 39.5. The molecule has 2 aromatic carbocycles. The number of aryl methyl sites for hydroxylation is 2. The summed E-state index contributed by atoms with van der Waals surface area (Å²) in [5.41, 5.74) is 1.52. The molecule has 3 fully saturated rings. The van der Waals surface area contributed by atoms with Crippen LogP contribution in [-0.2, 0) is 58.2 Å². The second-order valence-corrected chi connectivity index (χ2v) is 16.4. The third-order valence-corrected chi connectivity index (χ3v) is 12.4. The number of fused-ring (bicyclic) bond motifs is 2. The minimum Gasteiger partial charge on any atom is -0.466 e. The van der Waals surface area contributed by atoms with Crippen LogP contribution in [0.25, 0.3) is 0 Å². The molecule has 3 aliphatic carbocycles. The fraction of sp³-hybridized carbons (Fsp3) is 0.500. The van der Waals surface area contributed by atoms with Gasteiger partial charge in [0.2, 0.25) is 0 Å². The van der Waals surface area contributed by atoms with E-state index in [-0.39, 0.29) is 47.6 Å². The Kier molecular flexibility index (Phi) is 12.1. The van der Waals surface area contributed by atoms with E-state index in [9.17, 15) is 36.0 Å². The molecule has 0 saturated heterocycles. The average Bonchev–Trinajstić information content (AvgIpc) is 3.09. The minimum atomic E-state index is -4.33. The zero-order valence-electron chi connectivity index (χ0n) is 30.7. The van der Waals surface area contributed by atoms with Gasteiger partial charge in [-0.3, -0.25) is 19.2 Å². The van der Waals surface area contributed by atoms with Crippen molar-refractivity contribution in [3.63, 3.8) is 0 Å². The van der Waals surface area contributed by atoms with Gasteiger partial charge >= 0.3 is 23.9 Å². The monoisotopic (exact) mass is 788 g/mol. The van der Waals surface area contributed by atoms with Gasteiger partial charge in [-0.1, -0.05) is 35.4 Å². The lowest BCUT2D eigenvalue weighted by atomic mass is 9.39. The normalized spacial score (nSPS) is 27.3. The van der Waals surface area contributed by atoms with Gasteiger partial charge in [-0.05, 0) is 65.8 Å². The van der Waals surface area contributed by atoms with Crippen LogP contribution in [0.1, 0.15) is 38.8 Å². The first-order valence-corrected chi connectivity index (χ1v) is 20.6. The maximum atomic E-state index is 13.7. The molecule has 3 saturated carbocycles. The van der Waals surface area contributed by atoms with Crippen molar-refractivity contribution in [3.05, 3.63) is 59.7 Å². The quantitative estimate of drug-likeness (QED) is 0.160. The van der Waals surface area contributed by atoms with Crippen LogP contribution < -0.4 is 9.66 Å². The van der Waals surface area contributed by atoms with Gasteiger partial charge in [0.25, 0.3) is 20.0 Å². The number of sulfonamides is 2. The molecule has 0 aromatic heterocycles. The van der Waals surface area contributed by atoms with Gasteiger partial charge in [-0.2, -0.15) is 27.0 Å². The highest BCUT2D eigenvalue weighted by atomic mass is 32.2. The van der Waals surface area contributed by atoms with Gasteiger partial charge in [0.15, 0.2) is 0 Å². The van der Waals surface area contributed by atoms with Crippen LogP contribution in [0.3, 0.4) is 0 Å². The van der Waals surface area contributed by atoms with Gasteiger partial charge in [0.1, 0.15) is 0 Å². The molecule has 292 valence electrons. The molecule has 0 spiro atoms. The summed E-state index contributed by atoms with van der Waals surface area (Å²) in [6.07, 6.45) is 0. The van der Waals surface area contributed by atoms with E-state index in [1.165, 1.54) is 24.3 Å². The number of hydrogen-bond donors (Lipinski definition) is 2. The minimum absolute atomic E-state index is 0.0433. The summed E-state index contributed by atoms with van der Waals surface area (Å²) < 4.78 is 75.6. The summed E-state index contributed by atoms with van der Waals surface area (Å²) in [5, 5.41) is 8.70. The first kappa shape index (κ1) is 40.3. The molecule has 8 atom stereocenters. The number of nitrogens with zero attached hydrogens (tertiary/aromatic N) is 2. The Labute approximate surface area is 314 Å². The fourth-order valence-electron chi connectivity index (χ4n) is 7.60. The number of rotatable bonds is 14. The molecule has 0 bridgehead atoms. The molecule has 0 amide bonds. The Morgan fingerprint density at radius 1 is 0.500 bits per heavy atom. The Balaban J connectivity index is 1.74. The SMILES string of the molecule is CCOC(=O)[C@@H]1[C@H](C(=O)OCC)[C@@H]2C(=NNS(=O)(=O)c3ccc(C)cc3)[C@@H]3[C@H](C(=O)OCC)[C@H](C(=O)OCC)[C@@H]3C(=NNS(=O)(=O)c3ccc(C)cc3)[C@H]12. The van der Waals surface area contributed by atoms with Crippen molar-refractivity contribution in [2.45, 2.75) is 51.3 Å².